The van der Waals surface area contributed by atoms with Crippen molar-refractivity contribution in [3.63, 3.8) is 0 Å². The Morgan fingerprint density at radius 2 is 1.91 bits per heavy atom. The summed E-state index contributed by atoms with van der Waals surface area (Å²) < 4.78 is 68.5. The van der Waals surface area contributed by atoms with Crippen LogP contribution in [0.1, 0.15) is 44.1 Å². The number of aromatic nitrogens is 2. The average molecular weight is 453 g/mol. The third-order valence-corrected chi connectivity index (χ3v) is 6.35. The maximum absolute atomic E-state index is 14.5. The van der Waals surface area contributed by atoms with E-state index in [1.807, 2.05) is 0 Å². The average Bonchev–Trinajstić information content (AvgIpc) is 3.31. The van der Waals surface area contributed by atoms with E-state index >= 15 is 0 Å². The summed E-state index contributed by atoms with van der Waals surface area (Å²) in [6.45, 7) is 1.25. The zero-order chi connectivity index (χ0) is 22.5. The van der Waals surface area contributed by atoms with Crippen molar-refractivity contribution < 1.29 is 27.0 Å². The first kappa shape index (κ1) is 21.1. The molecule has 0 spiro atoms. The molecule has 5 rings (SSSR count). The van der Waals surface area contributed by atoms with Crippen LogP contribution in [0.25, 0.3) is 0 Å². The quantitative estimate of drug-likeness (QED) is 0.640. The van der Waals surface area contributed by atoms with Crippen molar-refractivity contribution in [1.29, 1.82) is 0 Å². The van der Waals surface area contributed by atoms with E-state index in [0.717, 1.165) is 37.3 Å². The van der Waals surface area contributed by atoms with E-state index in [1.165, 1.54) is 0 Å². The molecule has 2 atom stereocenters. The summed E-state index contributed by atoms with van der Waals surface area (Å²) in [4.78, 5) is 18.4. The van der Waals surface area contributed by atoms with Crippen LogP contribution in [-0.2, 0) is 13.2 Å². The summed E-state index contributed by atoms with van der Waals surface area (Å²) in [6, 6.07) is 4.03. The first-order valence-corrected chi connectivity index (χ1v) is 10.8. The largest absolute Gasteiger partial charge is 0.484 e. The molecule has 1 saturated carbocycles. The molecule has 0 amide bonds. The fourth-order valence-corrected chi connectivity index (χ4v) is 4.85. The minimum Gasteiger partial charge on any atom is -0.484 e. The molecule has 2 aliphatic heterocycles. The van der Waals surface area contributed by atoms with Crippen LogP contribution in [-0.4, -0.2) is 34.2 Å². The van der Waals surface area contributed by atoms with Gasteiger partial charge in [-0.2, -0.15) is 4.98 Å². The van der Waals surface area contributed by atoms with Gasteiger partial charge in [-0.05, 0) is 43.4 Å². The van der Waals surface area contributed by atoms with Crippen molar-refractivity contribution in [1.82, 2.24) is 9.55 Å². The highest BCUT2D eigenvalue weighted by Crippen LogP contribution is 2.37. The zero-order valence-corrected chi connectivity index (χ0v) is 17.3. The summed E-state index contributed by atoms with van der Waals surface area (Å²) in [5.41, 5.74) is -0.250. The van der Waals surface area contributed by atoms with E-state index in [0.29, 0.717) is 19.0 Å². The number of hydrogen-bond acceptors (Lipinski definition) is 5. The molecule has 0 bridgehead atoms. The fourth-order valence-electron chi connectivity index (χ4n) is 4.85. The first-order valence-electron chi connectivity index (χ1n) is 10.8. The molecule has 1 aromatic heterocycles. The lowest BCUT2D eigenvalue weighted by Crippen LogP contribution is -2.33. The predicted molar refractivity (Wildman–Crippen MR) is 107 cm³/mol. The van der Waals surface area contributed by atoms with Gasteiger partial charge in [-0.15, -0.1) is 0 Å². The summed E-state index contributed by atoms with van der Waals surface area (Å²) in [5, 5.41) is 0. The summed E-state index contributed by atoms with van der Waals surface area (Å²) in [6.07, 6.45) is 0.880. The second-order valence-electron chi connectivity index (χ2n) is 8.70. The van der Waals surface area contributed by atoms with Gasteiger partial charge in [0, 0.05) is 38.0 Å². The molecular weight excluding hydrogens is 430 g/mol. The standard InChI is InChI=1S/C22H23F4N3O3/c23-16-7-13(8-17(24)20(16)32-15-4-1-5-22(25,26)10-15)12-31-18-9-19-28-6-2-3-14(28)11-29(19)21(30)27-18/h7-9,14-15H,1-6,10-12H2/t14-,15?/m1/s1. The second kappa shape index (κ2) is 7.97. The highest BCUT2D eigenvalue weighted by molar-refractivity contribution is 5.48. The van der Waals surface area contributed by atoms with Crippen LogP contribution < -0.4 is 20.1 Å². The third kappa shape index (κ3) is 4.02. The molecule has 1 aromatic carbocycles. The first-order chi connectivity index (χ1) is 15.3. The number of hydrogen-bond donors (Lipinski definition) is 0. The Bertz CT molecular complexity index is 1070. The monoisotopic (exact) mass is 453 g/mol. The molecule has 3 heterocycles. The predicted octanol–water partition coefficient (Wildman–Crippen LogP) is 4.04. The number of nitrogens with zero attached hydrogens (tertiary/aromatic N) is 3. The van der Waals surface area contributed by atoms with Gasteiger partial charge in [-0.1, -0.05) is 0 Å². The number of alkyl halides is 2. The van der Waals surface area contributed by atoms with Crippen LogP contribution in [0.3, 0.4) is 0 Å². The van der Waals surface area contributed by atoms with Crippen molar-refractivity contribution in [3.8, 4) is 11.6 Å². The van der Waals surface area contributed by atoms with Gasteiger partial charge in [0.25, 0.3) is 5.92 Å². The molecule has 32 heavy (non-hydrogen) atoms. The maximum Gasteiger partial charge on any atom is 0.352 e. The van der Waals surface area contributed by atoms with Gasteiger partial charge in [0.05, 0.1) is 0 Å². The minimum absolute atomic E-state index is 0.0828. The zero-order valence-electron chi connectivity index (χ0n) is 17.3. The lowest BCUT2D eigenvalue weighted by molar-refractivity contribution is -0.0707. The van der Waals surface area contributed by atoms with Gasteiger partial charge in [0.15, 0.2) is 17.4 Å². The minimum atomic E-state index is -2.89. The van der Waals surface area contributed by atoms with Gasteiger partial charge < -0.3 is 14.4 Å². The van der Waals surface area contributed by atoms with E-state index in [9.17, 15) is 22.4 Å². The fraction of sp³-hybridized carbons (Fsp3) is 0.545. The number of benzene rings is 1. The SMILES string of the molecule is O=c1nc(OCc2cc(F)c(OC3CCCC(F)(F)C3)c(F)c2)cc2n1C[C@H]1CCCN21. The third-order valence-electron chi connectivity index (χ3n) is 6.35. The van der Waals surface area contributed by atoms with E-state index < -0.39 is 41.5 Å². The van der Waals surface area contributed by atoms with Crippen LogP contribution in [0.2, 0.25) is 0 Å². The summed E-state index contributed by atoms with van der Waals surface area (Å²) >= 11 is 0. The van der Waals surface area contributed by atoms with E-state index in [-0.39, 0.29) is 30.9 Å². The highest BCUT2D eigenvalue weighted by Gasteiger charge is 2.38. The second-order valence-corrected chi connectivity index (χ2v) is 8.70. The van der Waals surface area contributed by atoms with Crippen molar-refractivity contribution >= 4 is 5.82 Å². The van der Waals surface area contributed by atoms with Crippen molar-refractivity contribution in [3.05, 3.63) is 45.9 Å². The lowest BCUT2D eigenvalue weighted by Gasteiger charge is -2.29. The molecule has 3 aliphatic rings. The van der Waals surface area contributed by atoms with Gasteiger partial charge in [0.1, 0.15) is 18.5 Å². The van der Waals surface area contributed by atoms with Crippen LogP contribution in [0, 0.1) is 11.6 Å². The Labute approximate surface area is 181 Å². The van der Waals surface area contributed by atoms with Gasteiger partial charge in [-0.25, -0.2) is 22.4 Å². The summed E-state index contributed by atoms with van der Waals surface area (Å²) in [7, 11) is 0. The molecule has 2 fully saturated rings. The van der Waals surface area contributed by atoms with E-state index in [1.54, 1.807) is 10.6 Å². The molecule has 6 nitrogen and oxygen atoms in total. The van der Waals surface area contributed by atoms with Crippen LogP contribution >= 0.6 is 0 Å². The number of rotatable bonds is 5. The van der Waals surface area contributed by atoms with Gasteiger partial charge >= 0.3 is 5.69 Å². The topological polar surface area (TPSA) is 56.6 Å². The molecule has 10 heteroatoms. The maximum atomic E-state index is 14.5. The molecule has 0 radical (unpaired) electrons. The van der Waals surface area contributed by atoms with Gasteiger partial charge in [0.2, 0.25) is 5.88 Å². The Kier molecular flexibility index (Phi) is 5.25. The molecule has 1 unspecified atom stereocenters. The molecule has 172 valence electrons. The Balaban J connectivity index is 1.28. The molecule has 2 aromatic rings. The van der Waals surface area contributed by atoms with E-state index in [4.69, 9.17) is 9.47 Å². The lowest BCUT2D eigenvalue weighted by atomic mass is 9.94. The summed E-state index contributed by atoms with van der Waals surface area (Å²) in [5.74, 6) is -4.70. The van der Waals surface area contributed by atoms with E-state index in [2.05, 4.69) is 9.88 Å². The van der Waals surface area contributed by atoms with Crippen LogP contribution in [0.15, 0.2) is 23.0 Å². The highest BCUT2D eigenvalue weighted by atomic mass is 19.3. The normalized spacial score (nSPS) is 23.7. The molecule has 1 aliphatic carbocycles. The molecule has 0 N–H and O–H groups in total. The number of anilines is 1. The van der Waals surface area contributed by atoms with Crippen LogP contribution in [0.4, 0.5) is 23.4 Å². The number of halogens is 4. The van der Waals surface area contributed by atoms with Crippen molar-refractivity contribution in [2.45, 2.75) is 69.7 Å². The molecule has 1 saturated heterocycles. The Morgan fingerprint density at radius 3 is 2.66 bits per heavy atom. The number of fused-ring (bicyclic) bond motifs is 3. The van der Waals surface area contributed by atoms with Crippen LogP contribution in [0.5, 0.6) is 11.6 Å². The molecular formula is C22H23F4N3O3. The smallest absolute Gasteiger partial charge is 0.352 e. The van der Waals surface area contributed by atoms with Crippen molar-refractivity contribution in [2.24, 2.45) is 0 Å². The Morgan fingerprint density at radius 1 is 1.12 bits per heavy atom. The van der Waals surface area contributed by atoms with Crippen molar-refractivity contribution in [2.75, 3.05) is 11.4 Å². The Hall–Kier alpha value is -2.78. The van der Waals surface area contributed by atoms with Gasteiger partial charge in [-0.3, -0.25) is 4.57 Å². The number of ether oxygens (including phenoxy) is 2.